The number of carbonyl (C=O) groups excluding carboxylic acids is 2. The summed E-state index contributed by atoms with van der Waals surface area (Å²) in [4.78, 5) is 29.6. The molecule has 3 saturated heterocycles. The first kappa shape index (κ1) is 41.2. The lowest BCUT2D eigenvalue weighted by Gasteiger charge is -2.46. The van der Waals surface area contributed by atoms with Crippen LogP contribution in [0.2, 0.25) is 0 Å². The normalized spacial score (nSPS) is 49.0. The molecule has 0 saturated carbocycles. The molecule has 48 heavy (non-hydrogen) atoms. The Hall–Kier alpha value is -1.22. The van der Waals surface area contributed by atoms with Crippen molar-refractivity contribution in [1.29, 1.82) is 0 Å². The minimum atomic E-state index is -1.50. The molecule has 3 rings (SSSR count). The van der Waals surface area contributed by atoms with Crippen LogP contribution in [0.25, 0.3) is 0 Å². The molecule has 3 aliphatic heterocycles. The number of hydrogen-bond donors (Lipinski definition) is 4. The maximum Gasteiger partial charge on any atom is 0.311 e. The van der Waals surface area contributed by atoms with Gasteiger partial charge in [-0.05, 0) is 67.0 Å². The highest BCUT2D eigenvalue weighted by atomic mass is 16.7. The number of Topliss-reactive ketones (excluding diaryl/α,β-unsaturated/α-hetero) is 1. The van der Waals surface area contributed by atoms with Crippen molar-refractivity contribution in [1.82, 2.24) is 4.90 Å². The van der Waals surface area contributed by atoms with Crippen LogP contribution in [-0.4, -0.2) is 124 Å². The fourth-order valence-corrected chi connectivity index (χ4v) is 8.10. The molecule has 3 heterocycles. The Morgan fingerprint density at radius 2 is 1.48 bits per heavy atom. The van der Waals surface area contributed by atoms with Gasteiger partial charge in [-0.2, -0.15) is 0 Å². The van der Waals surface area contributed by atoms with Gasteiger partial charge in [0.15, 0.2) is 12.6 Å². The first-order valence-electron chi connectivity index (χ1n) is 18.0. The van der Waals surface area contributed by atoms with E-state index in [9.17, 15) is 30.0 Å². The fourth-order valence-electron chi connectivity index (χ4n) is 8.10. The van der Waals surface area contributed by atoms with E-state index >= 15 is 0 Å². The summed E-state index contributed by atoms with van der Waals surface area (Å²) in [5, 5.41) is 44.3. The lowest BCUT2D eigenvalue weighted by atomic mass is 9.76. The van der Waals surface area contributed by atoms with Gasteiger partial charge in [0, 0.05) is 36.1 Å². The second kappa shape index (κ2) is 16.9. The number of aliphatic hydroxyl groups excluding tert-OH is 3. The summed E-state index contributed by atoms with van der Waals surface area (Å²) in [6.45, 7) is 17.9. The zero-order valence-corrected chi connectivity index (χ0v) is 31.2. The Kier molecular flexibility index (Phi) is 14.5. The zero-order chi connectivity index (χ0) is 36.4. The van der Waals surface area contributed by atoms with Gasteiger partial charge in [-0.15, -0.1) is 0 Å². The van der Waals surface area contributed by atoms with Crippen molar-refractivity contribution in [2.75, 3.05) is 14.1 Å². The highest BCUT2D eigenvalue weighted by molar-refractivity contribution is 5.83. The minimum Gasteiger partial charge on any atom is -0.462 e. The first-order chi connectivity index (χ1) is 22.2. The van der Waals surface area contributed by atoms with E-state index in [1.54, 1.807) is 27.7 Å². The molecule has 18 atom stereocenters. The van der Waals surface area contributed by atoms with E-state index in [1.165, 1.54) is 6.92 Å². The monoisotopic (exact) mass is 687 g/mol. The molecule has 12 heteroatoms. The third kappa shape index (κ3) is 9.36. The van der Waals surface area contributed by atoms with Gasteiger partial charge in [-0.3, -0.25) is 9.59 Å². The van der Waals surface area contributed by atoms with Crippen molar-refractivity contribution < 1.29 is 53.7 Å². The summed E-state index contributed by atoms with van der Waals surface area (Å²) in [7, 11) is 3.80. The van der Waals surface area contributed by atoms with E-state index in [0.29, 0.717) is 19.3 Å². The van der Waals surface area contributed by atoms with E-state index < -0.39 is 96.5 Å². The number of rotatable bonds is 6. The summed E-state index contributed by atoms with van der Waals surface area (Å²) in [5.74, 6) is -3.91. The van der Waals surface area contributed by atoms with Gasteiger partial charge in [-0.25, -0.2) is 0 Å². The van der Waals surface area contributed by atoms with E-state index in [0.717, 1.165) is 0 Å². The molecule has 0 amide bonds. The molecule has 0 bridgehead atoms. The second-order valence-electron chi connectivity index (χ2n) is 15.7. The van der Waals surface area contributed by atoms with Crippen LogP contribution >= 0.6 is 0 Å². The molecule has 0 radical (unpaired) electrons. The van der Waals surface area contributed by atoms with Crippen LogP contribution in [-0.2, 0) is 33.3 Å². The van der Waals surface area contributed by atoms with Crippen molar-refractivity contribution in [3.05, 3.63) is 0 Å². The Morgan fingerprint density at radius 3 is 2.04 bits per heavy atom. The van der Waals surface area contributed by atoms with Gasteiger partial charge < -0.3 is 49.0 Å². The summed E-state index contributed by atoms with van der Waals surface area (Å²) >= 11 is 0. The number of likely N-dealkylation sites (N-methyl/N-ethyl adjacent to an activating group) is 1. The number of hydrogen-bond acceptors (Lipinski definition) is 12. The minimum absolute atomic E-state index is 0.0404. The molecule has 0 aromatic heterocycles. The summed E-state index contributed by atoms with van der Waals surface area (Å²) < 4.78 is 31.6. The average molecular weight is 688 g/mol. The van der Waals surface area contributed by atoms with Gasteiger partial charge in [0.1, 0.15) is 24.1 Å². The first-order valence-corrected chi connectivity index (χ1v) is 18.0. The van der Waals surface area contributed by atoms with Crippen molar-refractivity contribution in [2.45, 2.75) is 168 Å². The van der Waals surface area contributed by atoms with Gasteiger partial charge in [0.2, 0.25) is 0 Å². The summed E-state index contributed by atoms with van der Waals surface area (Å²) in [5.41, 5.74) is -1.50. The van der Waals surface area contributed by atoms with Crippen molar-refractivity contribution >= 4 is 11.8 Å². The standard InChI is InChI=1S/C36H65NO11/c1-13-26-20(5)29(39)21(6)28(38)17(2)14-18(3)31(48-35-30(40)25(37(11)12)15-19(4)44-35)22(7)32(23(8)34(42)46-26)47-27-16-36(10,43)33(41)24(9)45-27/h17-27,29-33,35,39-41,43H,13-16H2,1-12H3/t17-,18+,19-,20+,21+,22-,23-,24+,25+,26?,27+,29+,30-,31+,32?,33+,35+,36-/m1/s1. The van der Waals surface area contributed by atoms with Crippen LogP contribution in [0, 0.1) is 35.5 Å². The lowest BCUT2D eigenvalue weighted by molar-refractivity contribution is -0.306. The van der Waals surface area contributed by atoms with Gasteiger partial charge in [0.25, 0.3) is 0 Å². The quantitative estimate of drug-likeness (QED) is 0.303. The number of cyclic esters (lactones) is 1. The Labute approximate surface area is 287 Å². The van der Waals surface area contributed by atoms with Crippen LogP contribution < -0.4 is 0 Å². The molecule has 280 valence electrons. The molecule has 2 unspecified atom stereocenters. The highest BCUT2D eigenvalue weighted by Crippen LogP contribution is 2.38. The largest absolute Gasteiger partial charge is 0.462 e. The highest BCUT2D eigenvalue weighted by Gasteiger charge is 2.49. The number of ketones is 1. The fraction of sp³-hybridized carbons (Fsp3) is 0.944. The predicted molar refractivity (Wildman–Crippen MR) is 179 cm³/mol. The molecule has 0 spiro atoms. The van der Waals surface area contributed by atoms with E-state index in [2.05, 4.69) is 0 Å². The second-order valence-corrected chi connectivity index (χ2v) is 15.7. The number of nitrogens with zero attached hydrogens (tertiary/aromatic N) is 1. The maximum absolute atomic E-state index is 13.9. The van der Waals surface area contributed by atoms with Crippen LogP contribution in [0.4, 0.5) is 0 Å². The maximum atomic E-state index is 13.9. The predicted octanol–water partition coefficient (Wildman–Crippen LogP) is 2.90. The van der Waals surface area contributed by atoms with Crippen LogP contribution in [0.5, 0.6) is 0 Å². The number of carbonyl (C=O) groups is 2. The Bertz CT molecular complexity index is 1060. The molecule has 0 aromatic carbocycles. The number of ether oxygens (including phenoxy) is 5. The van der Waals surface area contributed by atoms with Gasteiger partial charge in [-0.1, -0.05) is 41.5 Å². The summed E-state index contributed by atoms with van der Waals surface area (Å²) in [6.07, 6.45) is -6.79. The summed E-state index contributed by atoms with van der Waals surface area (Å²) in [6, 6.07) is -0.217. The van der Waals surface area contributed by atoms with E-state index in [1.807, 2.05) is 53.6 Å². The molecule has 3 aliphatic rings. The average Bonchev–Trinajstić information content (AvgIpc) is 3.01. The molecule has 12 nitrogen and oxygen atoms in total. The number of esters is 1. The van der Waals surface area contributed by atoms with Crippen LogP contribution in [0.1, 0.15) is 94.9 Å². The molecule has 0 aromatic rings. The molecule has 3 fully saturated rings. The topological polar surface area (TPSA) is 164 Å². The third-order valence-electron chi connectivity index (χ3n) is 11.3. The Morgan fingerprint density at radius 1 is 0.854 bits per heavy atom. The molecule has 4 N–H and O–H groups in total. The van der Waals surface area contributed by atoms with Crippen LogP contribution in [0.3, 0.4) is 0 Å². The SMILES string of the molecule is CCC1OC(=O)[C@H](C)C(O[C@H]2C[C@@](C)(O)[C@@H](O)[C@H](C)O2)[C@H](C)[C@@H](O[C@@H]2O[C@H](C)C[C@H](N(C)C)[C@H]2O)[C@@H](C)C[C@@H](C)C(=O)[C@H](C)[C@@H](O)[C@H]1C. The van der Waals surface area contributed by atoms with E-state index in [-0.39, 0.29) is 30.3 Å². The lowest BCUT2D eigenvalue weighted by Crippen LogP contribution is -2.58. The zero-order valence-electron chi connectivity index (χ0n) is 31.2. The van der Waals surface area contributed by atoms with Crippen molar-refractivity contribution in [3.8, 4) is 0 Å². The Balaban J connectivity index is 2.09. The van der Waals surface area contributed by atoms with Gasteiger partial charge >= 0.3 is 5.97 Å². The molecular formula is C36H65NO11. The van der Waals surface area contributed by atoms with Crippen molar-refractivity contribution in [2.24, 2.45) is 35.5 Å². The smallest absolute Gasteiger partial charge is 0.311 e. The number of aliphatic hydroxyl groups is 4. The van der Waals surface area contributed by atoms with Crippen LogP contribution in [0.15, 0.2) is 0 Å². The van der Waals surface area contributed by atoms with Crippen molar-refractivity contribution in [3.63, 3.8) is 0 Å². The third-order valence-corrected chi connectivity index (χ3v) is 11.3. The molecular weight excluding hydrogens is 622 g/mol. The van der Waals surface area contributed by atoms with E-state index in [4.69, 9.17) is 23.7 Å². The molecule has 0 aliphatic carbocycles. The van der Waals surface area contributed by atoms with Gasteiger partial charge in [0.05, 0.1) is 42.0 Å².